The number of anilines is 1. The van der Waals surface area contributed by atoms with Crippen molar-refractivity contribution in [1.29, 1.82) is 0 Å². The maximum Gasteiger partial charge on any atom is 0.341 e. The average molecular weight is 375 g/mol. The van der Waals surface area contributed by atoms with Crippen molar-refractivity contribution in [3.05, 3.63) is 77.9 Å². The van der Waals surface area contributed by atoms with E-state index in [4.69, 9.17) is 4.74 Å². The number of hydrogen-bond acceptors (Lipinski definition) is 4. The number of methoxy groups -OCH3 is 1. The maximum absolute atomic E-state index is 12.7. The second-order valence-corrected chi connectivity index (χ2v) is 7.21. The zero-order valence-electron chi connectivity index (χ0n) is 14.7. The Hall–Kier alpha value is -3.18. The standard InChI is InChI=1S/C22H17NO3S/c1-26-22(25)20-17-11-4-5-12-18(17)27-21(20)23-19(24)13-15-9-6-8-14-7-2-3-10-16(14)15/h2-12H,13H2,1H3,(H,23,24). The van der Waals surface area contributed by atoms with Crippen LogP contribution in [-0.4, -0.2) is 19.0 Å². The summed E-state index contributed by atoms with van der Waals surface area (Å²) in [4.78, 5) is 25.0. The van der Waals surface area contributed by atoms with Crippen LogP contribution in [0.1, 0.15) is 15.9 Å². The molecule has 1 heterocycles. The van der Waals surface area contributed by atoms with Crippen molar-refractivity contribution in [2.45, 2.75) is 6.42 Å². The zero-order chi connectivity index (χ0) is 18.8. The molecule has 27 heavy (non-hydrogen) atoms. The van der Waals surface area contributed by atoms with Crippen LogP contribution in [-0.2, 0) is 16.0 Å². The summed E-state index contributed by atoms with van der Waals surface area (Å²) in [5, 5.41) is 6.37. The maximum atomic E-state index is 12.7. The first kappa shape index (κ1) is 17.2. The molecule has 0 fully saturated rings. The molecule has 0 saturated carbocycles. The number of rotatable bonds is 4. The lowest BCUT2D eigenvalue weighted by atomic mass is 10.0. The second kappa shape index (κ2) is 7.21. The van der Waals surface area contributed by atoms with E-state index in [2.05, 4.69) is 5.32 Å². The van der Waals surface area contributed by atoms with E-state index in [0.29, 0.717) is 10.6 Å². The summed E-state index contributed by atoms with van der Waals surface area (Å²) in [7, 11) is 1.34. The summed E-state index contributed by atoms with van der Waals surface area (Å²) in [6, 6.07) is 21.5. The molecule has 0 aliphatic rings. The number of amides is 1. The Kier molecular flexibility index (Phi) is 4.60. The normalized spacial score (nSPS) is 10.9. The molecular formula is C22H17NO3S. The minimum absolute atomic E-state index is 0.164. The Labute approximate surface area is 160 Å². The number of ether oxygens (including phenoxy) is 1. The molecule has 4 rings (SSSR count). The van der Waals surface area contributed by atoms with Crippen molar-refractivity contribution in [3.8, 4) is 0 Å². The van der Waals surface area contributed by atoms with Gasteiger partial charge < -0.3 is 10.1 Å². The molecule has 4 aromatic rings. The van der Waals surface area contributed by atoms with E-state index in [1.54, 1.807) is 0 Å². The molecule has 1 amide bonds. The highest BCUT2D eigenvalue weighted by molar-refractivity contribution is 7.23. The van der Waals surface area contributed by atoms with Crippen LogP contribution in [0.25, 0.3) is 20.9 Å². The second-order valence-electron chi connectivity index (χ2n) is 6.16. The van der Waals surface area contributed by atoms with Gasteiger partial charge in [0.25, 0.3) is 0 Å². The topological polar surface area (TPSA) is 55.4 Å². The first-order valence-corrected chi connectivity index (χ1v) is 9.35. The number of fused-ring (bicyclic) bond motifs is 2. The number of benzene rings is 3. The first-order chi connectivity index (χ1) is 13.2. The van der Waals surface area contributed by atoms with Crippen LogP contribution in [0.3, 0.4) is 0 Å². The van der Waals surface area contributed by atoms with E-state index in [1.807, 2.05) is 66.7 Å². The lowest BCUT2D eigenvalue weighted by molar-refractivity contribution is -0.115. The highest BCUT2D eigenvalue weighted by Gasteiger charge is 2.21. The van der Waals surface area contributed by atoms with Crippen LogP contribution >= 0.6 is 11.3 Å². The Morgan fingerprint density at radius 1 is 0.926 bits per heavy atom. The molecule has 4 nitrogen and oxygen atoms in total. The van der Waals surface area contributed by atoms with Gasteiger partial charge in [-0.25, -0.2) is 4.79 Å². The third kappa shape index (κ3) is 3.29. The Balaban J connectivity index is 1.66. The molecule has 1 aromatic heterocycles. The van der Waals surface area contributed by atoms with Gasteiger partial charge in [-0.3, -0.25) is 4.79 Å². The summed E-state index contributed by atoms with van der Waals surface area (Å²) >= 11 is 1.38. The monoisotopic (exact) mass is 375 g/mol. The van der Waals surface area contributed by atoms with E-state index >= 15 is 0 Å². The molecule has 0 atom stereocenters. The summed E-state index contributed by atoms with van der Waals surface area (Å²) in [5.41, 5.74) is 1.36. The van der Waals surface area contributed by atoms with E-state index < -0.39 is 5.97 Å². The predicted octanol–water partition coefficient (Wildman–Crippen LogP) is 5.02. The Morgan fingerprint density at radius 3 is 2.44 bits per heavy atom. The molecule has 0 bridgehead atoms. The van der Waals surface area contributed by atoms with Gasteiger partial charge in [0.1, 0.15) is 10.6 Å². The summed E-state index contributed by atoms with van der Waals surface area (Å²) in [5.74, 6) is -0.615. The van der Waals surface area contributed by atoms with E-state index in [9.17, 15) is 9.59 Å². The van der Waals surface area contributed by atoms with Crippen molar-refractivity contribution in [1.82, 2.24) is 0 Å². The van der Waals surface area contributed by atoms with Gasteiger partial charge in [-0.1, -0.05) is 60.7 Å². The van der Waals surface area contributed by atoms with Gasteiger partial charge in [0.2, 0.25) is 5.91 Å². The van der Waals surface area contributed by atoms with Crippen LogP contribution in [0, 0.1) is 0 Å². The van der Waals surface area contributed by atoms with Crippen LogP contribution in [0.4, 0.5) is 5.00 Å². The fourth-order valence-corrected chi connectivity index (χ4v) is 4.34. The van der Waals surface area contributed by atoms with Gasteiger partial charge >= 0.3 is 5.97 Å². The van der Waals surface area contributed by atoms with E-state index in [1.165, 1.54) is 18.4 Å². The van der Waals surface area contributed by atoms with Crippen molar-refractivity contribution < 1.29 is 14.3 Å². The van der Waals surface area contributed by atoms with Crippen molar-refractivity contribution in [2.75, 3.05) is 12.4 Å². The van der Waals surface area contributed by atoms with Crippen molar-refractivity contribution >= 4 is 49.1 Å². The fourth-order valence-electron chi connectivity index (χ4n) is 3.23. The number of thiophene rings is 1. The molecule has 0 saturated heterocycles. The van der Waals surface area contributed by atoms with Crippen LogP contribution in [0.5, 0.6) is 0 Å². The summed E-state index contributed by atoms with van der Waals surface area (Å²) in [6.07, 6.45) is 0.232. The summed E-state index contributed by atoms with van der Waals surface area (Å²) < 4.78 is 5.85. The van der Waals surface area contributed by atoms with Gasteiger partial charge in [0.15, 0.2) is 0 Å². The van der Waals surface area contributed by atoms with E-state index in [-0.39, 0.29) is 12.3 Å². The van der Waals surface area contributed by atoms with Crippen LogP contribution < -0.4 is 5.32 Å². The van der Waals surface area contributed by atoms with Crippen molar-refractivity contribution in [3.63, 3.8) is 0 Å². The molecular weight excluding hydrogens is 358 g/mol. The zero-order valence-corrected chi connectivity index (χ0v) is 15.5. The third-order valence-electron chi connectivity index (χ3n) is 4.47. The lowest BCUT2D eigenvalue weighted by Crippen LogP contribution is -2.16. The molecule has 5 heteroatoms. The number of hydrogen-bond donors (Lipinski definition) is 1. The van der Waals surface area contributed by atoms with Gasteiger partial charge in [0, 0.05) is 10.1 Å². The van der Waals surface area contributed by atoms with Crippen molar-refractivity contribution in [2.24, 2.45) is 0 Å². The Morgan fingerprint density at radius 2 is 1.63 bits per heavy atom. The van der Waals surface area contributed by atoms with Gasteiger partial charge in [-0.2, -0.15) is 0 Å². The Bertz CT molecular complexity index is 1160. The molecule has 0 aliphatic carbocycles. The largest absolute Gasteiger partial charge is 0.465 e. The highest BCUT2D eigenvalue weighted by Crippen LogP contribution is 2.36. The molecule has 134 valence electrons. The van der Waals surface area contributed by atoms with Gasteiger partial charge in [-0.05, 0) is 22.4 Å². The molecule has 0 unspecified atom stereocenters. The lowest BCUT2D eigenvalue weighted by Gasteiger charge is -2.08. The van der Waals surface area contributed by atoms with Crippen LogP contribution in [0.2, 0.25) is 0 Å². The first-order valence-electron chi connectivity index (χ1n) is 8.53. The van der Waals surface area contributed by atoms with Gasteiger partial charge in [0.05, 0.1) is 13.5 Å². The average Bonchev–Trinajstić information content (AvgIpc) is 3.05. The number of nitrogens with one attached hydrogen (secondary N) is 1. The highest BCUT2D eigenvalue weighted by atomic mass is 32.1. The molecule has 3 aromatic carbocycles. The van der Waals surface area contributed by atoms with E-state index in [0.717, 1.165) is 26.4 Å². The summed E-state index contributed by atoms with van der Waals surface area (Å²) in [6.45, 7) is 0. The number of carbonyl (C=O) groups is 2. The fraction of sp³-hybridized carbons (Fsp3) is 0.0909. The quantitative estimate of drug-likeness (QED) is 0.510. The molecule has 0 aliphatic heterocycles. The minimum Gasteiger partial charge on any atom is -0.465 e. The predicted molar refractivity (Wildman–Crippen MR) is 109 cm³/mol. The van der Waals surface area contributed by atoms with Crippen LogP contribution in [0.15, 0.2) is 66.7 Å². The number of esters is 1. The van der Waals surface area contributed by atoms with Gasteiger partial charge in [-0.15, -0.1) is 11.3 Å². The molecule has 0 spiro atoms. The smallest absolute Gasteiger partial charge is 0.341 e. The third-order valence-corrected chi connectivity index (χ3v) is 5.56. The molecule has 1 N–H and O–H groups in total. The molecule has 0 radical (unpaired) electrons. The minimum atomic E-state index is -0.451. The SMILES string of the molecule is COC(=O)c1c(NC(=O)Cc2cccc3ccccc23)sc2ccccc12. The number of carbonyl (C=O) groups excluding carboxylic acids is 2.